The molecular formula is C22H23N5O2S2. The zero-order valence-electron chi connectivity index (χ0n) is 17.3. The first kappa shape index (κ1) is 19.3. The molecule has 1 saturated carbocycles. The highest BCUT2D eigenvalue weighted by molar-refractivity contribution is 7.99. The van der Waals surface area contributed by atoms with Crippen LogP contribution in [0, 0.1) is 5.92 Å². The summed E-state index contributed by atoms with van der Waals surface area (Å²) < 4.78 is 7.39. The van der Waals surface area contributed by atoms with Crippen molar-refractivity contribution < 1.29 is 9.21 Å². The Morgan fingerprint density at radius 2 is 2.26 bits per heavy atom. The fourth-order valence-corrected chi connectivity index (χ4v) is 6.48. The summed E-state index contributed by atoms with van der Waals surface area (Å²) in [7, 11) is 0. The molecule has 6 rings (SSSR count). The molecular weight excluding hydrogens is 430 g/mol. The predicted octanol–water partition coefficient (Wildman–Crippen LogP) is 4.34. The summed E-state index contributed by atoms with van der Waals surface area (Å²) >= 11 is 3.26. The van der Waals surface area contributed by atoms with Crippen molar-refractivity contribution in [3.05, 3.63) is 40.4 Å². The number of nitrogens with zero attached hydrogens (tertiary/aromatic N) is 4. The fraction of sp³-hybridized carbons (Fsp3) is 0.455. The first-order chi connectivity index (χ1) is 15.2. The Morgan fingerprint density at radius 1 is 1.35 bits per heavy atom. The van der Waals surface area contributed by atoms with Crippen LogP contribution >= 0.6 is 23.1 Å². The van der Waals surface area contributed by atoms with Gasteiger partial charge in [0.25, 0.3) is 0 Å². The Balaban J connectivity index is 1.32. The number of fused-ring (bicyclic) bond motifs is 5. The van der Waals surface area contributed by atoms with Crippen LogP contribution in [-0.2, 0) is 24.2 Å². The first-order valence-corrected chi connectivity index (χ1v) is 12.6. The largest absolute Gasteiger partial charge is 0.467 e. The Bertz CT molecular complexity index is 1270. The Labute approximate surface area is 187 Å². The third-order valence-electron chi connectivity index (χ3n) is 6.11. The summed E-state index contributed by atoms with van der Waals surface area (Å²) in [5, 5.41) is 13.9. The highest BCUT2D eigenvalue weighted by atomic mass is 32.2. The van der Waals surface area contributed by atoms with Gasteiger partial charge in [0.2, 0.25) is 5.91 Å². The van der Waals surface area contributed by atoms with Crippen molar-refractivity contribution in [1.29, 1.82) is 0 Å². The summed E-state index contributed by atoms with van der Waals surface area (Å²) in [4.78, 5) is 20.0. The Kier molecular flexibility index (Phi) is 4.75. The van der Waals surface area contributed by atoms with Crippen molar-refractivity contribution in [3.63, 3.8) is 0 Å². The van der Waals surface area contributed by atoms with E-state index in [0.717, 1.165) is 58.8 Å². The van der Waals surface area contributed by atoms with E-state index in [0.29, 0.717) is 12.5 Å². The molecule has 160 valence electrons. The molecule has 1 amide bonds. The van der Waals surface area contributed by atoms with Crippen LogP contribution in [0.3, 0.4) is 0 Å². The van der Waals surface area contributed by atoms with Crippen LogP contribution < -0.4 is 5.32 Å². The average Bonchev–Trinajstić information content (AvgIpc) is 3.16. The van der Waals surface area contributed by atoms with Gasteiger partial charge in [0.15, 0.2) is 10.8 Å². The van der Waals surface area contributed by atoms with Crippen LogP contribution in [0.5, 0.6) is 0 Å². The molecule has 2 aliphatic rings. The van der Waals surface area contributed by atoms with E-state index >= 15 is 0 Å². The van der Waals surface area contributed by atoms with Crippen LogP contribution in [0.4, 0.5) is 0 Å². The first-order valence-electron chi connectivity index (χ1n) is 10.8. The number of amides is 1. The van der Waals surface area contributed by atoms with E-state index < -0.39 is 0 Å². The van der Waals surface area contributed by atoms with Crippen LogP contribution in [0.1, 0.15) is 54.1 Å². The maximum atomic E-state index is 12.3. The number of rotatable bonds is 6. The van der Waals surface area contributed by atoms with Crippen LogP contribution in [0.15, 0.2) is 28.0 Å². The molecule has 0 unspecified atom stereocenters. The molecule has 31 heavy (non-hydrogen) atoms. The average molecular weight is 454 g/mol. The van der Waals surface area contributed by atoms with Gasteiger partial charge in [-0.1, -0.05) is 18.7 Å². The maximum absolute atomic E-state index is 12.3. The number of carbonyl (C=O) groups is 1. The monoisotopic (exact) mass is 453 g/mol. The number of hydrogen-bond acceptors (Lipinski definition) is 7. The zero-order chi connectivity index (χ0) is 20.9. The van der Waals surface area contributed by atoms with E-state index in [4.69, 9.17) is 9.40 Å². The van der Waals surface area contributed by atoms with Gasteiger partial charge in [0, 0.05) is 10.8 Å². The summed E-state index contributed by atoms with van der Waals surface area (Å²) in [5.41, 5.74) is 2.33. The number of thioether (sulfide) groups is 1. The molecule has 2 aliphatic carbocycles. The number of aromatic nitrogens is 4. The summed E-state index contributed by atoms with van der Waals surface area (Å²) in [6.07, 6.45) is 7.34. The van der Waals surface area contributed by atoms with Gasteiger partial charge in [-0.15, -0.1) is 21.5 Å². The van der Waals surface area contributed by atoms with Crippen LogP contribution in [0.2, 0.25) is 0 Å². The third-order valence-corrected chi connectivity index (χ3v) is 8.19. The molecule has 7 nitrogen and oxygen atoms in total. The molecule has 0 bridgehead atoms. The van der Waals surface area contributed by atoms with Crippen molar-refractivity contribution in [2.75, 3.05) is 5.75 Å². The van der Waals surface area contributed by atoms with Crippen LogP contribution in [0.25, 0.3) is 15.9 Å². The van der Waals surface area contributed by atoms with Gasteiger partial charge in [0.05, 0.1) is 23.9 Å². The fourth-order valence-electron chi connectivity index (χ4n) is 4.33. The van der Waals surface area contributed by atoms with Crippen molar-refractivity contribution in [3.8, 4) is 0 Å². The normalized spacial score (nSPS) is 18.5. The Hall–Kier alpha value is -2.39. The van der Waals surface area contributed by atoms with Crippen molar-refractivity contribution in [2.45, 2.75) is 56.6 Å². The minimum absolute atomic E-state index is 0.0536. The van der Waals surface area contributed by atoms with E-state index in [-0.39, 0.29) is 11.7 Å². The summed E-state index contributed by atoms with van der Waals surface area (Å²) in [6.45, 7) is 2.72. The second-order valence-electron chi connectivity index (χ2n) is 8.56. The van der Waals surface area contributed by atoms with Gasteiger partial charge >= 0.3 is 0 Å². The van der Waals surface area contributed by atoms with Gasteiger partial charge in [0.1, 0.15) is 16.4 Å². The smallest absolute Gasteiger partial charge is 0.230 e. The molecule has 4 aromatic heterocycles. The van der Waals surface area contributed by atoms with E-state index in [1.165, 1.54) is 34.0 Å². The SMILES string of the molecule is C[C@@H]1CCc2c(sc3nc(C4CC4)n4c(SCC(=O)NCc5ccco5)nnc4c23)C1. The number of carbonyl (C=O) groups excluding carboxylic acids is 1. The minimum atomic E-state index is -0.0536. The van der Waals surface area contributed by atoms with Gasteiger partial charge in [-0.05, 0) is 55.7 Å². The van der Waals surface area contributed by atoms with E-state index in [2.05, 4.69) is 26.8 Å². The van der Waals surface area contributed by atoms with Gasteiger partial charge in [-0.25, -0.2) is 4.98 Å². The van der Waals surface area contributed by atoms with Gasteiger partial charge in [-0.3, -0.25) is 9.20 Å². The maximum Gasteiger partial charge on any atom is 0.230 e. The molecule has 0 spiro atoms. The molecule has 0 saturated heterocycles. The quantitative estimate of drug-likeness (QED) is 0.437. The van der Waals surface area contributed by atoms with E-state index in [9.17, 15) is 4.79 Å². The molecule has 1 N–H and O–H groups in total. The van der Waals surface area contributed by atoms with Crippen molar-refractivity contribution in [1.82, 2.24) is 24.9 Å². The van der Waals surface area contributed by atoms with Gasteiger partial charge in [-0.2, -0.15) is 0 Å². The molecule has 0 radical (unpaired) electrons. The molecule has 9 heteroatoms. The standard InChI is InChI=1S/C22H23N5O2S2/c1-12-4-7-15-16(9-12)31-21-18(15)20-25-26-22(27(20)19(24-21)13-5-6-13)30-11-17(28)23-10-14-3-2-8-29-14/h2-3,8,12-13H,4-7,9-11H2,1H3,(H,23,28)/t12-/m1/s1. The molecule has 1 fully saturated rings. The molecule has 4 heterocycles. The lowest BCUT2D eigenvalue weighted by molar-refractivity contribution is -0.118. The lowest BCUT2D eigenvalue weighted by Crippen LogP contribution is -2.24. The summed E-state index contributed by atoms with van der Waals surface area (Å²) in [5.74, 6) is 3.21. The number of nitrogens with one attached hydrogen (secondary N) is 1. The van der Waals surface area contributed by atoms with E-state index in [1.807, 2.05) is 23.5 Å². The zero-order valence-corrected chi connectivity index (χ0v) is 18.9. The predicted molar refractivity (Wildman–Crippen MR) is 121 cm³/mol. The lowest BCUT2D eigenvalue weighted by Gasteiger charge is -2.17. The van der Waals surface area contributed by atoms with Crippen molar-refractivity contribution in [2.24, 2.45) is 5.92 Å². The molecule has 1 atom stereocenters. The highest BCUT2D eigenvalue weighted by Gasteiger charge is 2.32. The molecule has 4 aromatic rings. The van der Waals surface area contributed by atoms with Gasteiger partial charge < -0.3 is 9.73 Å². The third kappa shape index (κ3) is 3.53. The van der Waals surface area contributed by atoms with Crippen LogP contribution in [-0.4, -0.2) is 31.2 Å². The lowest BCUT2D eigenvalue weighted by atomic mass is 9.89. The second-order valence-corrected chi connectivity index (χ2v) is 10.6. The number of thiophene rings is 1. The topological polar surface area (TPSA) is 85.3 Å². The Morgan fingerprint density at radius 3 is 3.06 bits per heavy atom. The minimum Gasteiger partial charge on any atom is -0.467 e. The molecule has 0 aromatic carbocycles. The number of aryl methyl sites for hydroxylation is 1. The molecule has 0 aliphatic heterocycles. The highest BCUT2D eigenvalue weighted by Crippen LogP contribution is 2.44. The van der Waals surface area contributed by atoms with E-state index in [1.54, 1.807) is 6.26 Å². The number of hydrogen-bond donors (Lipinski definition) is 1. The number of furan rings is 1. The summed E-state index contributed by atoms with van der Waals surface area (Å²) in [6, 6.07) is 3.66. The second kappa shape index (κ2) is 7.63. The van der Waals surface area contributed by atoms with Crippen molar-refractivity contribution >= 4 is 44.9 Å².